The number of nitrogens with zero attached hydrogens (tertiary/aromatic N) is 2. The van der Waals surface area contributed by atoms with Crippen LogP contribution in [0.2, 0.25) is 0 Å². The molecule has 2 rings (SSSR count). The Kier molecular flexibility index (Phi) is 4.01. The molecule has 1 aromatic rings. The van der Waals surface area contributed by atoms with E-state index in [1.807, 2.05) is 4.90 Å². The summed E-state index contributed by atoms with van der Waals surface area (Å²) >= 11 is 0. The number of carbonyl (C=O) groups is 1. The van der Waals surface area contributed by atoms with Gasteiger partial charge in [0.1, 0.15) is 5.76 Å². The molecule has 17 heavy (non-hydrogen) atoms. The highest BCUT2D eigenvalue weighted by Crippen LogP contribution is 2.10. The van der Waals surface area contributed by atoms with Crippen molar-refractivity contribution in [3.63, 3.8) is 0 Å². The number of hydrogen-bond acceptors (Lipinski definition) is 3. The smallest absolute Gasteiger partial charge is 0.317 e. The van der Waals surface area contributed by atoms with Gasteiger partial charge in [0.15, 0.2) is 5.89 Å². The molecule has 0 radical (unpaired) electrons. The molecule has 1 aromatic heterocycles. The summed E-state index contributed by atoms with van der Waals surface area (Å²) in [6.45, 7) is 3.93. The summed E-state index contributed by atoms with van der Waals surface area (Å²) in [4.78, 5) is 17.8. The molecule has 1 aliphatic rings. The van der Waals surface area contributed by atoms with Crippen molar-refractivity contribution in [2.24, 2.45) is 0 Å². The molecule has 2 heterocycles. The maximum Gasteiger partial charge on any atom is 0.317 e. The van der Waals surface area contributed by atoms with Gasteiger partial charge in [-0.05, 0) is 12.8 Å². The summed E-state index contributed by atoms with van der Waals surface area (Å²) in [5.41, 5.74) is 0. The SMILES string of the molecule is Cc1ncc(CNC(=O)N2CCCCCC2)o1. The largest absolute Gasteiger partial charge is 0.444 e. The summed E-state index contributed by atoms with van der Waals surface area (Å²) in [6.07, 6.45) is 6.32. The first-order valence-corrected chi connectivity index (χ1v) is 6.20. The number of hydrogen-bond donors (Lipinski definition) is 1. The summed E-state index contributed by atoms with van der Waals surface area (Å²) in [6, 6.07) is 0.000882. The zero-order chi connectivity index (χ0) is 12.1. The predicted molar refractivity (Wildman–Crippen MR) is 63.5 cm³/mol. The summed E-state index contributed by atoms with van der Waals surface area (Å²) in [5, 5.41) is 2.86. The van der Waals surface area contributed by atoms with Crippen molar-refractivity contribution in [3.05, 3.63) is 17.8 Å². The van der Waals surface area contributed by atoms with Gasteiger partial charge in [0, 0.05) is 20.0 Å². The average Bonchev–Trinajstić information content (AvgIpc) is 2.58. The number of carbonyl (C=O) groups excluding carboxylic acids is 1. The molecule has 0 aromatic carbocycles. The van der Waals surface area contributed by atoms with Crippen LogP contribution in [0.1, 0.15) is 37.3 Å². The molecule has 5 heteroatoms. The molecular weight excluding hydrogens is 218 g/mol. The van der Waals surface area contributed by atoms with E-state index >= 15 is 0 Å². The molecule has 94 valence electrons. The molecule has 0 saturated carbocycles. The Labute approximate surface area is 101 Å². The molecule has 0 aliphatic carbocycles. The minimum atomic E-state index is 0.000882. The highest BCUT2D eigenvalue weighted by Gasteiger charge is 2.15. The van der Waals surface area contributed by atoms with Gasteiger partial charge in [0.05, 0.1) is 12.7 Å². The summed E-state index contributed by atoms with van der Waals surface area (Å²) < 4.78 is 5.30. The van der Waals surface area contributed by atoms with Gasteiger partial charge in [-0.15, -0.1) is 0 Å². The fourth-order valence-corrected chi connectivity index (χ4v) is 2.04. The Morgan fingerprint density at radius 3 is 2.71 bits per heavy atom. The van der Waals surface area contributed by atoms with Gasteiger partial charge in [-0.3, -0.25) is 0 Å². The molecule has 0 spiro atoms. The van der Waals surface area contributed by atoms with Gasteiger partial charge < -0.3 is 14.6 Å². The molecule has 0 bridgehead atoms. The number of oxazole rings is 1. The first-order valence-electron chi connectivity index (χ1n) is 6.20. The lowest BCUT2D eigenvalue weighted by molar-refractivity contribution is 0.198. The predicted octanol–water partition coefficient (Wildman–Crippen LogP) is 2.07. The van der Waals surface area contributed by atoms with Crippen LogP contribution in [0.5, 0.6) is 0 Å². The van der Waals surface area contributed by atoms with Crippen LogP contribution in [0.15, 0.2) is 10.6 Å². The highest BCUT2D eigenvalue weighted by molar-refractivity contribution is 5.74. The van der Waals surface area contributed by atoms with Crippen LogP contribution in [-0.4, -0.2) is 29.0 Å². The second-order valence-corrected chi connectivity index (χ2v) is 4.41. The average molecular weight is 237 g/mol. The lowest BCUT2D eigenvalue weighted by Gasteiger charge is -2.20. The number of nitrogens with one attached hydrogen (secondary N) is 1. The van der Waals surface area contributed by atoms with Gasteiger partial charge in [-0.25, -0.2) is 9.78 Å². The fourth-order valence-electron chi connectivity index (χ4n) is 2.04. The fraction of sp³-hybridized carbons (Fsp3) is 0.667. The van der Waals surface area contributed by atoms with Crippen molar-refractivity contribution in [2.75, 3.05) is 13.1 Å². The maximum absolute atomic E-state index is 11.9. The van der Waals surface area contributed by atoms with Crippen LogP contribution < -0.4 is 5.32 Å². The summed E-state index contributed by atoms with van der Waals surface area (Å²) in [7, 11) is 0. The van der Waals surface area contributed by atoms with E-state index in [0.717, 1.165) is 25.9 Å². The van der Waals surface area contributed by atoms with E-state index in [1.165, 1.54) is 12.8 Å². The third-order valence-corrected chi connectivity index (χ3v) is 2.98. The Bertz CT molecular complexity index is 368. The van der Waals surface area contributed by atoms with Crippen LogP contribution >= 0.6 is 0 Å². The molecule has 1 fully saturated rings. The zero-order valence-electron chi connectivity index (χ0n) is 10.2. The first-order chi connectivity index (χ1) is 8.25. The van der Waals surface area contributed by atoms with Gasteiger partial charge >= 0.3 is 6.03 Å². The standard InChI is InChI=1S/C12H19N3O2/c1-10-13-8-11(17-10)9-14-12(16)15-6-4-2-3-5-7-15/h8H,2-7,9H2,1H3,(H,14,16). The van der Waals surface area contributed by atoms with Gasteiger partial charge in [-0.2, -0.15) is 0 Å². The van der Waals surface area contributed by atoms with E-state index in [2.05, 4.69) is 10.3 Å². The molecule has 2 amide bonds. The Balaban J connectivity index is 1.79. The van der Waals surface area contributed by atoms with Gasteiger partial charge in [0.2, 0.25) is 0 Å². The first kappa shape index (κ1) is 12.0. The third kappa shape index (κ3) is 3.47. The number of amides is 2. The van der Waals surface area contributed by atoms with Crippen molar-refractivity contribution >= 4 is 6.03 Å². The number of aromatic nitrogens is 1. The van der Waals surface area contributed by atoms with Crippen molar-refractivity contribution in [1.82, 2.24) is 15.2 Å². The molecule has 1 aliphatic heterocycles. The van der Waals surface area contributed by atoms with Crippen molar-refractivity contribution in [1.29, 1.82) is 0 Å². The lowest BCUT2D eigenvalue weighted by atomic mass is 10.2. The third-order valence-electron chi connectivity index (χ3n) is 2.98. The molecule has 1 N–H and O–H groups in total. The van der Waals surface area contributed by atoms with Crippen molar-refractivity contribution in [2.45, 2.75) is 39.2 Å². The maximum atomic E-state index is 11.9. The van der Waals surface area contributed by atoms with E-state index in [4.69, 9.17) is 4.42 Å². The second-order valence-electron chi connectivity index (χ2n) is 4.41. The van der Waals surface area contributed by atoms with Crippen LogP contribution in [0.3, 0.4) is 0 Å². The normalized spacial score (nSPS) is 16.6. The van der Waals surface area contributed by atoms with E-state index in [9.17, 15) is 4.79 Å². The Morgan fingerprint density at radius 2 is 2.12 bits per heavy atom. The van der Waals surface area contributed by atoms with Crippen LogP contribution in [0.25, 0.3) is 0 Å². The van der Waals surface area contributed by atoms with Gasteiger partial charge in [-0.1, -0.05) is 12.8 Å². The van der Waals surface area contributed by atoms with E-state index in [-0.39, 0.29) is 6.03 Å². The minimum absolute atomic E-state index is 0.000882. The number of urea groups is 1. The Hall–Kier alpha value is -1.52. The van der Waals surface area contributed by atoms with Crippen LogP contribution in [-0.2, 0) is 6.54 Å². The van der Waals surface area contributed by atoms with Crippen molar-refractivity contribution < 1.29 is 9.21 Å². The number of rotatable bonds is 2. The number of likely N-dealkylation sites (tertiary alicyclic amines) is 1. The van der Waals surface area contributed by atoms with Gasteiger partial charge in [0.25, 0.3) is 0 Å². The second kappa shape index (κ2) is 5.70. The zero-order valence-corrected chi connectivity index (χ0v) is 10.2. The van der Waals surface area contributed by atoms with E-state index in [1.54, 1.807) is 13.1 Å². The van der Waals surface area contributed by atoms with Crippen molar-refractivity contribution in [3.8, 4) is 0 Å². The van der Waals surface area contributed by atoms with Crippen LogP contribution in [0, 0.1) is 6.92 Å². The van der Waals surface area contributed by atoms with E-state index in [0.29, 0.717) is 18.2 Å². The topological polar surface area (TPSA) is 58.4 Å². The molecule has 0 atom stereocenters. The monoisotopic (exact) mass is 237 g/mol. The highest BCUT2D eigenvalue weighted by atomic mass is 16.4. The van der Waals surface area contributed by atoms with Crippen LogP contribution in [0.4, 0.5) is 4.79 Å². The molecule has 5 nitrogen and oxygen atoms in total. The molecule has 1 saturated heterocycles. The lowest BCUT2D eigenvalue weighted by Crippen LogP contribution is -2.40. The van der Waals surface area contributed by atoms with E-state index < -0.39 is 0 Å². The quantitative estimate of drug-likeness (QED) is 0.856. The summed E-state index contributed by atoms with van der Waals surface area (Å²) in [5.74, 6) is 1.33. The minimum Gasteiger partial charge on any atom is -0.444 e. The molecular formula is C12H19N3O2. The molecule has 0 unspecified atom stereocenters. The number of aryl methyl sites for hydroxylation is 1. The Morgan fingerprint density at radius 1 is 1.41 bits per heavy atom.